The zero-order valence-electron chi connectivity index (χ0n) is 16.2. The summed E-state index contributed by atoms with van der Waals surface area (Å²) in [5, 5.41) is 14.2. The summed E-state index contributed by atoms with van der Waals surface area (Å²) in [6, 6.07) is 7.71. The number of aliphatic hydroxyl groups is 1. The lowest BCUT2D eigenvalue weighted by Crippen LogP contribution is -2.58. The summed E-state index contributed by atoms with van der Waals surface area (Å²) in [4.78, 5) is 17.0. The number of carbonyl (C=O) groups excluding carboxylic acids is 1. The van der Waals surface area contributed by atoms with Crippen LogP contribution in [-0.4, -0.2) is 86.0 Å². The zero-order valence-corrected chi connectivity index (χ0v) is 16.2. The van der Waals surface area contributed by atoms with Gasteiger partial charge < -0.3 is 24.8 Å². The Kier molecular flexibility index (Phi) is 7.07. The standard InChI is InChI=1S/C20H31N3O4/c1-26-18-5-2-4-17(14-18)15-23-8-3-6-20(25,19(23)24)16-21-7-9-22-10-12-27-13-11-22/h2,4-5,14,21,25H,3,6-13,15-16H2,1H3. The third kappa shape index (κ3) is 5.42. The first-order valence-corrected chi connectivity index (χ1v) is 9.76. The Balaban J connectivity index is 1.49. The van der Waals surface area contributed by atoms with Gasteiger partial charge in [-0.2, -0.15) is 0 Å². The van der Waals surface area contributed by atoms with Gasteiger partial charge in [-0.05, 0) is 30.5 Å². The van der Waals surface area contributed by atoms with E-state index in [0.717, 1.165) is 57.1 Å². The van der Waals surface area contributed by atoms with Gasteiger partial charge in [0.05, 0.1) is 20.3 Å². The maximum atomic E-state index is 12.9. The molecule has 1 unspecified atom stereocenters. The van der Waals surface area contributed by atoms with E-state index in [1.165, 1.54) is 0 Å². The second kappa shape index (κ2) is 9.50. The van der Waals surface area contributed by atoms with E-state index >= 15 is 0 Å². The minimum atomic E-state index is -1.32. The van der Waals surface area contributed by atoms with Gasteiger partial charge in [0.1, 0.15) is 5.75 Å². The zero-order chi connectivity index (χ0) is 19.1. The summed E-state index contributed by atoms with van der Waals surface area (Å²) in [6.07, 6.45) is 1.31. The molecule has 0 saturated carbocycles. The first kappa shape index (κ1) is 20.1. The summed E-state index contributed by atoms with van der Waals surface area (Å²) in [5.41, 5.74) is -0.311. The lowest BCUT2D eigenvalue weighted by molar-refractivity contribution is -0.157. The van der Waals surface area contributed by atoms with Crippen LogP contribution in [0.2, 0.25) is 0 Å². The fraction of sp³-hybridized carbons (Fsp3) is 0.650. The smallest absolute Gasteiger partial charge is 0.256 e. The number of benzene rings is 1. The molecule has 1 aromatic carbocycles. The van der Waals surface area contributed by atoms with Gasteiger partial charge >= 0.3 is 0 Å². The van der Waals surface area contributed by atoms with Crippen molar-refractivity contribution in [3.63, 3.8) is 0 Å². The average Bonchev–Trinajstić information content (AvgIpc) is 2.70. The highest BCUT2D eigenvalue weighted by atomic mass is 16.5. The third-order valence-electron chi connectivity index (χ3n) is 5.34. The van der Waals surface area contributed by atoms with Crippen LogP contribution in [0.1, 0.15) is 18.4 Å². The molecule has 0 radical (unpaired) electrons. The van der Waals surface area contributed by atoms with Gasteiger partial charge in [0.15, 0.2) is 5.60 Å². The summed E-state index contributed by atoms with van der Waals surface area (Å²) in [6.45, 7) is 6.57. The molecule has 7 heteroatoms. The molecule has 2 heterocycles. The second-order valence-corrected chi connectivity index (χ2v) is 7.34. The minimum absolute atomic E-state index is 0.185. The van der Waals surface area contributed by atoms with Crippen LogP contribution in [0.4, 0.5) is 0 Å². The van der Waals surface area contributed by atoms with Crippen LogP contribution in [0.5, 0.6) is 5.75 Å². The van der Waals surface area contributed by atoms with Crippen molar-refractivity contribution in [2.45, 2.75) is 25.0 Å². The molecule has 0 bridgehead atoms. The maximum absolute atomic E-state index is 12.9. The number of amides is 1. The Morgan fingerprint density at radius 3 is 2.89 bits per heavy atom. The quantitative estimate of drug-likeness (QED) is 0.642. The Hall–Kier alpha value is -1.67. The van der Waals surface area contributed by atoms with Gasteiger partial charge in [-0.3, -0.25) is 9.69 Å². The van der Waals surface area contributed by atoms with E-state index < -0.39 is 5.60 Å². The molecule has 1 amide bonds. The summed E-state index contributed by atoms with van der Waals surface area (Å²) in [5.74, 6) is 0.590. The van der Waals surface area contributed by atoms with Crippen molar-refractivity contribution in [2.75, 3.05) is 59.6 Å². The molecule has 1 atom stereocenters. The van der Waals surface area contributed by atoms with Crippen LogP contribution in [-0.2, 0) is 16.1 Å². The molecular formula is C20H31N3O4. The number of carbonyl (C=O) groups is 1. The number of morpholine rings is 1. The fourth-order valence-electron chi connectivity index (χ4n) is 3.73. The van der Waals surface area contributed by atoms with Crippen LogP contribution < -0.4 is 10.1 Å². The average molecular weight is 377 g/mol. The highest BCUT2D eigenvalue weighted by Gasteiger charge is 2.41. The predicted molar refractivity (Wildman–Crippen MR) is 103 cm³/mol. The van der Waals surface area contributed by atoms with Gasteiger partial charge in [-0.25, -0.2) is 0 Å². The van der Waals surface area contributed by atoms with Crippen LogP contribution in [0, 0.1) is 0 Å². The molecule has 27 heavy (non-hydrogen) atoms. The van der Waals surface area contributed by atoms with Crippen molar-refractivity contribution in [3.8, 4) is 5.75 Å². The van der Waals surface area contributed by atoms with E-state index in [-0.39, 0.29) is 5.91 Å². The Morgan fingerprint density at radius 1 is 1.30 bits per heavy atom. The number of nitrogens with one attached hydrogen (secondary N) is 1. The van der Waals surface area contributed by atoms with Crippen LogP contribution >= 0.6 is 0 Å². The molecule has 0 aromatic heterocycles. The molecule has 2 saturated heterocycles. The molecule has 1 aromatic rings. The monoisotopic (exact) mass is 377 g/mol. The van der Waals surface area contributed by atoms with Gasteiger partial charge in [0.2, 0.25) is 0 Å². The summed E-state index contributed by atoms with van der Waals surface area (Å²) >= 11 is 0. The number of hydrogen-bond donors (Lipinski definition) is 2. The second-order valence-electron chi connectivity index (χ2n) is 7.34. The normalized spacial score (nSPS) is 24.2. The SMILES string of the molecule is COc1cccc(CN2CCCC(O)(CNCCN3CCOCC3)C2=O)c1. The van der Waals surface area contributed by atoms with Crippen molar-refractivity contribution in [1.82, 2.24) is 15.1 Å². The molecule has 7 nitrogen and oxygen atoms in total. The van der Waals surface area contributed by atoms with Crippen molar-refractivity contribution in [3.05, 3.63) is 29.8 Å². The van der Waals surface area contributed by atoms with Crippen molar-refractivity contribution < 1.29 is 19.4 Å². The maximum Gasteiger partial charge on any atom is 0.256 e. The predicted octanol–water partition coefficient (Wildman–Crippen LogP) is 0.471. The Bertz CT molecular complexity index is 621. The minimum Gasteiger partial charge on any atom is -0.497 e. The molecular weight excluding hydrogens is 346 g/mol. The van der Waals surface area contributed by atoms with Crippen molar-refractivity contribution in [1.29, 1.82) is 0 Å². The molecule has 0 aliphatic carbocycles. The number of rotatable bonds is 8. The lowest BCUT2D eigenvalue weighted by Gasteiger charge is -2.38. The number of methoxy groups -OCH3 is 1. The van der Waals surface area contributed by atoms with E-state index in [9.17, 15) is 9.90 Å². The first-order valence-electron chi connectivity index (χ1n) is 9.76. The van der Waals surface area contributed by atoms with Gasteiger partial charge in [0.25, 0.3) is 5.91 Å². The van der Waals surface area contributed by atoms with E-state index in [1.807, 2.05) is 24.3 Å². The number of hydrogen-bond acceptors (Lipinski definition) is 6. The van der Waals surface area contributed by atoms with Crippen molar-refractivity contribution >= 4 is 5.91 Å². The van der Waals surface area contributed by atoms with E-state index in [0.29, 0.717) is 26.1 Å². The topological polar surface area (TPSA) is 74.3 Å². The highest BCUT2D eigenvalue weighted by molar-refractivity contribution is 5.86. The summed E-state index contributed by atoms with van der Waals surface area (Å²) in [7, 11) is 1.63. The first-order chi connectivity index (χ1) is 13.1. The molecule has 2 aliphatic heterocycles. The van der Waals surface area contributed by atoms with Crippen LogP contribution in [0.15, 0.2) is 24.3 Å². The fourth-order valence-corrected chi connectivity index (χ4v) is 3.73. The third-order valence-corrected chi connectivity index (χ3v) is 5.34. The van der Waals surface area contributed by atoms with Crippen LogP contribution in [0.3, 0.4) is 0 Å². The Morgan fingerprint density at radius 2 is 2.11 bits per heavy atom. The molecule has 150 valence electrons. The number of piperidine rings is 1. The number of ether oxygens (including phenoxy) is 2. The van der Waals surface area contributed by atoms with Crippen molar-refractivity contribution in [2.24, 2.45) is 0 Å². The van der Waals surface area contributed by atoms with Gasteiger partial charge in [-0.15, -0.1) is 0 Å². The molecule has 2 aliphatic rings. The number of nitrogens with zero attached hydrogens (tertiary/aromatic N) is 2. The largest absolute Gasteiger partial charge is 0.497 e. The van der Waals surface area contributed by atoms with E-state index in [4.69, 9.17) is 9.47 Å². The molecule has 2 N–H and O–H groups in total. The number of likely N-dealkylation sites (tertiary alicyclic amines) is 1. The lowest BCUT2D eigenvalue weighted by atomic mass is 9.91. The molecule has 0 spiro atoms. The van der Waals surface area contributed by atoms with Gasteiger partial charge in [-0.1, -0.05) is 12.1 Å². The van der Waals surface area contributed by atoms with E-state index in [1.54, 1.807) is 12.0 Å². The Labute approximate surface area is 161 Å². The van der Waals surface area contributed by atoms with Gasteiger partial charge in [0, 0.05) is 45.8 Å². The van der Waals surface area contributed by atoms with Crippen LogP contribution in [0.25, 0.3) is 0 Å². The van der Waals surface area contributed by atoms with E-state index in [2.05, 4.69) is 10.2 Å². The molecule has 3 rings (SSSR count). The summed E-state index contributed by atoms with van der Waals surface area (Å²) < 4.78 is 10.6. The molecule has 2 fully saturated rings. The highest BCUT2D eigenvalue weighted by Crippen LogP contribution is 2.24.